The molecule has 2 aliphatic rings. The van der Waals surface area contributed by atoms with Gasteiger partial charge in [-0.05, 0) is 61.1 Å². The predicted molar refractivity (Wildman–Crippen MR) is 137 cm³/mol. The summed E-state index contributed by atoms with van der Waals surface area (Å²) in [6, 6.07) is 7.31. The largest absolute Gasteiger partial charge is 2.00 e. The fraction of sp³-hybridized carbons (Fsp3) is 0.417. The van der Waals surface area contributed by atoms with Crippen LogP contribution in [0.4, 0.5) is 0 Å². The van der Waals surface area contributed by atoms with E-state index in [4.69, 9.17) is 23.2 Å². The average Bonchev–Trinajstić information content (AvgIpc) is 3.46. The maximum absolute atomic E-state index is 11.7. The summed E-state index contributed by atoms with van der Waals surface area (Å²) in [7, 11) is 0. The SMILES string of the molecule is [Cu+2].[O-]c1c(Br)cc(Cl)cc1C=NC1CCCC1.[O-]c1c(Br)cc(Cl)cc1C=NC1CCCC1. The molecule has 0 aliphatic heterocycles. The molecular weight excluding hydrogens is 643 g/mol. The molecule has 0 bridgehead atoms. The number of nitrogens with zero attached hydrogens (tertiary/aromatic N) is 2. The van der Waals surface area contributed by atoms with E-state index in [9.17, 15) is 10.2 Å². The van der Waals surface area contributed by atoms with Gasteiger partial charge in [-0.25, -0.2) is 0 Å². The molecule has 0 unspecified atom stereocenters. The quantitative estimate of drug-likeness (QED) is 0.259. The molecule has 0 spiro atoms. The first-order valence-electron chi connectivity index (χ1n) is 10.7. The Morgan fingerprint density at radius 2 is 1.03 bits per heavy atom. The van der Waals surface area contributed by atoms with Crippen LogP contribution in [0.2, 0.25) is 10.0 Å². The van der Waals surface area contributed by atoms with Gasteiger partial charge in [-0.15, -0.1) is 0 Å². The molecule has 1 radical (unpaired) electrons. The Bertz CT molecular complexity index is 913. The maximum Gasteiger partial charge on any atom is 2.00 e. The van der Waals surface area contributed by atoms with Crippen LogP contribution in [0, 0.1) is 0 Å². The van der Waals surface area contributed by atoms with E-state index in [2.05, 4.69) is 41.8 Å². The smallest absolute Gasteiger partial charge is 0.871 e. The fourth-order valence-electron chi connectivity index (χ4n) is 3.83. The van der Waals surface area contributed by atoms with Crippen LogP contribution >= 0.6 is 55.1 Å². The van der Waals surface area contributed by atoms with E-state index in [0.29, 0.717) is 42.2 Å². The molecule has 2 aliphatic carbocycles. The monoisotopic (exact) mass is 663 g/mol. The fourth-order valence-corrected chi connectivity index (χ4v) is 5.50. The molecule has 33 heavy (non-hydrogen) atoms. The Kier molecular flexibility index (Phi) is 12.3. The average molecular weight is 667 g/mol. The van der Waals surface area contributed by atoms with Gasteiger partial charge in [-0.2, -0.15) is 0 Å². The third-order valence-corrected chi connectivity index (χ3v) is 7.19. The minimum atomic E-state index is -0.0499. The predicted octanol–water partition coefficient (Wildman–Crippen LogP) is 7.07. The first-order valence-corrected chi connectivity index (χ1v) is 13.1. The standard InChI is InChI=1S/2C12H13BrClNO.Cu/c2*13-11-6-9(14)5-8(12(11)16)7-15-10-3-1-2-4-10;/h2*5-7,10,16H,1-4H2;/q;;+2/p-2. The molecule has 2 fully saturated rings. The van der Waals surface area contributed by atoms with E-state index in [0.717, 1.165) is 25.7 Å². The third-order valence-electron chi connectivity index (χ3n) is 5.57. The van der Waals surface area contributed by atoms with Gasteiger partial charge in [0.15, 0.2) is 0 Å². The molecule has 4 rings (SSSR count). The van der Waals surface area contributed by atoms with Crippen LogP contribution in [-0.2, 0) is 17.1 Å². The molecule has 2 aromatic rings. The van der Waals surface area contributed by atoms with E-state index in [-0.39, 0.29) is 28.6 Å². The van der Waals surface area contributed by atoms with Crippen LogP contribution < -0.4 is 10.2 Å². The Hall–Kier alpha value is -0.561. The topological polar surface area (TPSA) is 70.8 Å². The van der Waals surface area contributed by atoms with Crippen molar-refractivity contribution >= 4 is 67.5 Å². The molecule has 2 aromatic carbocycles. The van der Waals surface area contributed by atoms with Crippen LogP contribution in [0.3, 0.4) is 0 Å². The van der Waals surface area contributed by atoms with Crippen molar-refractivity contribution in [3.05, 3.63) is 54.4 Å². The first kappa shape index (κ1) is 28.7. The van der Waals surface area contributed by atoms with Gasteiger partial charge in [0.2, 0.25) is 0 Å². The van der Waals surface area contributed by atoms with Gasteiger partial charge >= 0.3 is 17.1 Å². The summed E-state index contributed by atoms with van der Waals surface area (Å²) in [5.74, 6) is -0.0997. The normalized spacial score (nSPS) is 16.8. The number of aliphatic imine (C=N–C) groups is 2. The van der Waals surface area contributed by atoms with E-state index >= 15 is 0 Å². The zero-order chi connectivity index (χ0) is 23.1. The van der Waals surface area contributed by atoms with Crippen molar-refractivity contribution in [1.82, 2.24) is 0 Å². The second-order valence-corrected chi connectivity index (χ2v) is 10.6. The molecule has 4 nitrogen and oxygen atoms in total. The molecule has 0 aromatic heterocycles. The van der Waals surface area contributed by atoms with Gasteiger partial charge in [0.05, 0.1) is 0 Å². The summed E-state index contributed by atoms with van der Waals surface area (Å²) in [6.07, 6.45) is 12.8. The van der Waals surface area contributed by atoms with Crippen LogP contribution in [0.5, 0.6) is 11.5 Å². The number of halogens is 4. The molecule has 0 N–H and O–H groups in total. The summed E-state index contributed by atoms with van der Waals surface area (Å²) < 4.78 is 0.987. The van der Waals surface area contributed by atoms with Crippen molar-refractivity contribution in [3.63, 3.8) is 0 Å². The minimum Gasteiger partial charge on any atom is -0.871 e. The van der Waals surface area contributed by atoms with Crippen molar-refractivity contribution < 1.29 is 27.3 Å². The van der Waals surface area contributed by atoms with E-state index in [1.54, 1.807) is 36.7 Å². The van der Waals surface area contributed by atoms with Gasteiger partial charge in [0, 0.05) is 43.5 Å². The van der Waals surface area contributed by atoms with E-state index in [1.165, 1.54) is 25.7 Å². The van der Waals surface area contributed by atoms with E-state index < -0.39 is 0 Å². The molecule has 0 heterocycles. The third kappa shape index (κ3) is 8.87. The second-order valence-electron chi connectivity index (χ2n) is 8.04. The Balaban J connectivity index is 0.000000227. The number of rotatable bonds is 4. The Morgan fingerprint density at radius 3 is 1.36 bits per heavy atom. The summed E-state index contributed by atoms with van der Waals surface area (Å²) >= 11 is 18.2. The molecular formula is C24H24Br2Cl2CuN2O2. The van der Waals surface area contributed by atoms with Crippen LogP contribution in [-0.4, -0.2) is 24.5 Å². The van der Waals surface area contributed by atoms with E-state index in [1.807, 2.05) is 0 Å². The summed E-state index contributed by atoms with van der Waals surface area (Å²) in [5.41, 5.74) is 1.12. The molecule has 9 heteroatoms. The summed E-state index contributed by atoms with van der Waals surface area (Å²) in [5, 5.41) is 24.6. The number of benzene rings is 2. The first-order chi connectivity index (χ1) is 15.3. The van der Waals surface area contributed by atoms with Gasteiger partial charge in [-0.3, -0.25) is 9.98 Å². The maximum atomic E-state index is 11.7. The van der Waals surface area contributed by atoms with Crippen LogP contribution in [0.1, 0.15) is 62.5 Å². The molecule has 0 atom stereocenters. The van der Waals surface area contributed by atoms with Gasteiger partial charge in [0.1, 0.15) is 0 Å². The molecule has 181 valence electrons. The van der Waals surface area contributed by atoms with Gasteiger partial charge in [0.25, 0.3) is 0 Å². The van der Waals surface area contributed by atoms with Crippen LogP contribution in [0.15, 0.2) is 43.2 Å². The Morgan fingerprint density at radius 1 is 0.697 bits per heavy atom. The number of hydrogen-bond acceptors (Lipinski definition) is 4. The molecule has 0 saturated heterocycles. The van der Waals surface area contributed by atoms with Crippen LogP contribution in [0.25, 0.3) is 0 Å². The van der Waals surface area contributed by atoms with Gasteiger partial charge in [-0.1, -0.05) is 92.2 Å². The Labute approximate surface area is 232 Å². The summed E-state index contributed by atoms with van der Waals surface area (Å²) in [4.78, 5) is 8.86. The van der Waals surface area contributed by atoms with Crippen molar-refractivity contribution in [2.24, 2.45) is 9.98 Å². The molecule has 2 saturated carbocycles. The van der Waals surface area contributed by atoms with Crippen molar-refractivity contribution in [3.8, 4) is 11.5 Å². The minimum absolute atomic E-state index is 0. The van der Waals surface area contributed by atoms with Gasteiger partial charge < -0.3 is 10.2 Å². The van der Waals surface area contributed by atoms with Crippen molar-refractivity contribution in [2.75, 3.05) is 0 Å². The number of hydrogen-bond donors (Lipinski definition) is 0. The van der Waals surface area contributed by atoms with Crippen molar-refractivity contribution in [2.45, 2.75) is 63.5 Å². The zero-order valence-corrected chi connectivity index (χ0v) is 23.4. The summed E-state index contributed by atoms with van der Waals surface area (Å²) in [6.45, 7) is 0. The second kappa shape index (κ2) is 14.1. The van der Waals surface area contributed by atoms with Crippen molar-refractivity contribution in [1.29, 1.82) is 0 Å². The zero-order valence-electron chi connectivity index (χ0n) is 17.8. The molecule has 0 amide bonds.